The van der Waals surface area contributed by atoms with Crippen molar-refractivity contribution >= 4 is 33.3 Å². The Bertz CT molecular complexity index is 969. The van der Waals surface area contributed by atoms with Crippen molar-refractivity contribution in [2.75, 3.05) is 24.5 Å². The van der Waals surface area contributed by atoms with Crippen LogP contribution < -0.4 is 10.2 Å². The number of thiophene rings is 1. The average molecular weight is 439 g/mol. The van der Waals surface area contributed by atoms with Gasteiger partial charge < -0.3 is 10.2 Å². The number of anilines is 1. The minimum Gasteiger partial charge on any atom is -0.355 e. The summed E-state index contributed by atoms with van der Waals surface area (Å²) in [7, 11) is 0. The molecule has 1 unspecified atom stereocenters. The van der Waals surface area contributed by atoms with Crippen LogP contribution in [0.1, 0.15) is 60.7 Å². The Balaban J connectivity index is 1.45. The van der Waals surface area contributed by atoms with Crippen molar-refractivity contribution in [3.05, 3.63) is 16.3 Å². The number of halogens is 3. The maximum absolute atomic E-state index is 12.5. The third kappa shape index (κ3) is 4.00. The van der Waals surface area contributed by atoms with Crippen molar-refractivity contribution in [3.8, 4) is 0 Å². The highest BCUT2D eigenvalue weighted by molar-refractivity contribution is 7.19. The molecule has 0 radical (unpaired) electrons. The Morgan fingerprint density at radius 2 is 1.93 bits per heavy atom. The molecule has 1 N–H and O–H groups in total. The molecule has 30 heavy (non-hydrogen) atoms. The zero-order chi connectivity index (χ0) is 20.9. The van der Waals surface area contributed by atoms with Gasteiger partial charge in [-0.3, -0.25) is 4.79 Å². The number of aryl methyl sites for hydroxylation is 2. The van der Waals surface area contributed by atoms with Crippen LogP contribution in [0.5, 0.6) is 0 Å². The molecule has 1 saturated carbocycles. The molecule has 2 aliphatic carbocycles. The SMILES string of the molecule is O=C(NCC(F)(F)F)C1CCCN(c2nc(C3CC3)nc3sc4c(c23)CCCC4)C1. The van der Waals surface area contributed by atoms with E-state index in [1.54, 1.807) is 11.3 Å². The third-order valence-electron chi connectivity index (χ3n) is 6.31. The fraction of sp³-hybridized carbons (Fsp3) is 0.667. The van der Waals surface area contributed by atoms with Crippen molar-refractivity contribution in [1.82, 2.24) is 15.3 Å². The van der Waals surface area contributed by atoms with Gasteiger partial charge in [-0.05, 0) is 56.9 Å². The predicted octanol–water partition coefficient (Wildman–Crippen LogP) is 4.34. The molecule has 5 rings (SSSR count). The highest BCUT2D eigenvalue weighted by Gasteiger charge is 2.34. The zero-order valence-corrected chi connectivity index (χ0v) is 17.5. The van der Waals surface area contributed by atoms with Gasteiger partial charge in [-0.15, -0.1) is 11.3 Å². The number of carbonyl (C=O) groups excluding carboxylic acids is 1. The van der Waals surface area contributed by atoms with E-state index in [0.717, 1.165) is 66.9 Å². The second-order valence-electron chi connectivity index (χ2n) is 8.69. The summed E-state index contributed by atoms with van der Waals surface area (Å²) < 4.78 is 37.5. The first-order valence-electron chi connectivity index (χ1n) is 10.8. The third-order valence-corrected chi connectivity index (χ3v) is 7.50. The first kappa shape index (κ1) is 20.0. The van der Waals surface area contributed by atoms with Crippen LogP contribution in [0.2, 0.25) is 0 Å². The van der Waals surface area contributed by atoms with Crippen LogP contribution >= 0.6 is 11.3 Å². The lowest BCUT2D eigenvalue weighted by Gasteiger charge is -2.33. The van der Waals surface area contributed by atoms with Gasteiger partial charge in [0.05, 0.1) is 11.3 Å². The summed E-state index contributed by atoms with van der Waals surface area (Å²) >= 11 is 1.77. The van der Waals surface area contributed by atoms with E-state index in [1.165, 1.54) is 16.9 Å². The summed E-state index contributed by atoms with van der Waals surface area (Å²) in [4.78, 5) is 26.8. The standard InChI is InChI=1S/C21H25F3N4OS/c22-21(23,24)11-25-19(29)13-4-3-9-28(10-13)18-16-14-5-1-2-6-15(14)30-20(16)27-17(26-18)12-7-8-12/h12-13H,1-11H2,(H,25,29). The molecule has 162 valence electrons. The summed E-state index contributed by atoms with van der Waals surface area (Å²) in [5.41, 5.74) is 1.35. The van der Waals surface area contributed by atoms with Gasteiger partial charge in [0.15, 0.2) is 0 Å². The van der Waals surface area contributed by atoms with Crippen molar-refractivity contribution in [2.24, 2.45) is 5.92 Å². The Morgan fingerprint density at radius 3 is 2.70 bits per heavy atom. The molecule has 9 heteroatoms. The number of rotatable bonds is 4. The lowest BCUT2D eigenvalue weighted by molar-refractivity contribution is -0.140. The van der Waals surface area contributed by atoms with Gasteiger partial charge in [-0.25, -0.2) is 9.97 Å². The molecule has 1 aliphatic heterocycles. The van der Waals surface area contributed by atoms with Crippen molar-refractivity contribution < 1.29 is 18.0 Å². The number of nitrogens with zero attached hydrogens (tertiary/aromatic N) is 3. The van der Waals surface area contributed by atoms with Gasteiger partial charge in [-0.1, -0.05) is 0 Å². The van der Waals surface area contributed by atoms with Crippen LogP contribution in [0.25, 0.3) is 10.2 Å². The molecule has 1 saturated heterocycles. The number of amides is 1. The molecular weight excluding hydrogens is 413 g/mol. The maximum Gasteiger partial charge on any atom is 0.405 e. The molecule has 2 aromatic heterocycles. The van der Waals surface area contributed by atoms with Crippen molar-refractivity contribution in [3.63, 3.8) is 0 Å². The van der Waals surface area contributed by atoms with Crippen LogP contribution in [0, 0.1) is 5.92 Å². The number of hydrogen-bond acceptors (Lipinski definition) is 5. The second kappa shape index (κ2) is 7.66. The number of alkyl halides is 3. The fourth-order valence-corrected chi connectivity index (χ4v) is 5.89. The van der Waals surface area contributed by atoms with Gasteiger partial charge in [0.2, 0.25) is 5.91 Å². The van der Waals surface area contributed by atoms with Crippen LogP contribution in [0.3, 0.4) is 0 Å². The number of piperidine rings is 1. The summed E-state index contributed by atoms with van der Waals surface area (Å²) in [6.45, 7) is -0.0988. The molecule has 1 atom stereocenters. The summed E-state index contributed by atoms with van der Waals surface area (Å²) in [6, 6.07) is 0. The van der Waals surface area contributed by atoms with Crippen LogP contribution in [-0.4, -0.2) is 41.7 Å². The Hall–Kier alpha value is -1.90. The lowest BCUT2D eigenvalue weighted by atomic mass is 9.95. The van der Waals surface area contributed by atoms with E-state index >= 15 is 0 Å². The number of carbonyl (C=O) groups is 1. The molecule has 2 aromatic rings. The van der Waals surface area contributed by atoms with Crippen LogP contribution in [0.4, 0.5) is 19.0 Å². The largest absolute Gasteiger partial charge is 0.405 e. The van der Waals surface area contributed by atoms with E-state index in [9.17, 15) is 18.0 Å². The number of aromatic nitrogens is 2. The normalized spacial score (nSPS) is 22.2. The molecule has 0 spiro atoms. The molecule has 0 bridgehead atoms. The van der Waals surface area contributed by atoms with Gasteiger partial charge in [0.1, 0.15) is 23.0 Å². The molecule has 1 amide bonds. The number of nitrogens with one attached hydrogen (secondary N) is 1. The van der Waals surface area contributed by atoms with E-state index in [0.29, 0.717) is 18.9 Å². The second-order valence-corrected chi connectivity index (χ2v) is 9.77. The lowest BCUT2D eigenvalue weighted by Crippen LogP contribution is -2.45. The average Bonchev–Trinajstić information content (AvgIpc) is 3.51. The quantitative estimate of drug-likeness (QED) is 0.772. The Morgan fingerprint density at radius 1 is 1.13 bits per heavy atom. The van der Waals surface area contributed by atoms with Gasteiger partial charge >= 0.3 is 6.18 Å². The molecule has 0 aromatic carbocycles. The van der Waals surface area contributed by atoms with Gasteiger partial charge in [0, 0.05) is 23.9 Å². The first-order valence-corrected chi connectivity index (χ1v) is 11.6. The van der Waals surface area contributed by atoms with E-state index < -0.39 is 24.5 Å². The summed E-state index contributed by atoms with van der Waals surface area (Å²) in [6.07, 6.45) is 3.66. The zero-order valence-electron chi connectivity index (χ0n) is 16.7. The number of fused-ring (bicyclic) bond motifs is 3. The summed E-state index contributed by atoms with van der Waals surface area (Å²) in [5, 5.41) is 3.19. The van der Waals surface area contributed by atoms with E-state index in [1.807, 2.05) is 0 Å². The molecule has 3 heterocycles. The molecular formula is C21H25F3N4OS. The molecule has 3 aliphatic rings. The topological polar surface area (TPSA) is 58.1 Å². The van der Waals surface area contributed by atoms with E-state index in [-0.39, 0.29) is 0 Å². The number of hydrogen-bond donors (Lipinski definition) is 1. The monoisotopic (exact) mass is 438 g/mol. The van der Waals surface area contributed by atoms with Crippen LogP contribution in [0.15, 0.2) is 0 Å². The van der Waals surface area contributed by atoms with E-state index in [2.05, 4.69) is 10.2 Å². The first-order chi connectivity index (χ1) is 14.4. The minimum absolute atomic E-state index is 0.407. The van der Waals surface area contributed by atoms with Crippen LogP contribution in [-0.2, 0) is 17.6 Å². The Labute approximate surface area is 177 Å². The van der Waals surface area contributed by atoms with Gasteiger partial charge in [0.25, 0.3) is 0 Å². The van der Waals surface area contributed by atoms with E-state index in [4.69, 9.17) is 9.97 Å². The highest BCUT2D eigenvalue weighted by Crippen LogP contribution is 2.44. The minimum atomic E-state index is -4.39. The highest BCUT2D eigenvalue weighted by atomic mass is 32.1. The smallest absolute Gasteiger partial charge is 0.355 e. The Kier molecular flexibility index (Phi) is 5.11. The van der Waals surface area contributed by atoms with Gasteiger partial charge in [-0.2, -0.15) is 13.2 Å². The molecule has 2 fully saturated rings. The fourth-order valence-electron chi connectivity index (χ4n) is 4.62. The molecule has 5 nitrogen and oxygen atoms in total. The summed E-state index contributed by atoms with van der Waals surface area (Å²) in [5.74, 6) is 1.24. The predicted molar refractivity (Wildman–Crippen MR) is 110 cm³/mol. The maximum atomic E-state index is 12.5. The van der Waals surface area contributed by atoms with Crippen molar-refractivity contribution in [2.45, 2.75) is 63.5 Å². The van der Waals surface area contributed by atoms with Crippen molar-refractivity contribution in [1.29, 1.82) is 0 Å².